The van der Waals surface area contributed by atoms with Crippen molar-refractivity contribution in [3.8, 4) is 0 Å². The molecular weight excluding hydrogens is 194 g/mol. The Morgan fingerprint density at radius 2 is 1.44 bits per heavy atom. The Hall–Kier alpha value is -0.820. The van der Waals surface area contributed by atoms with Gasteiger partial charge in [0.25, 0.3) is 0 Å². The van der Waals surface area contributed by atoms with Crippen molar-refractivity contribution in [3.05, 3.63) is 35.9 Å². The molecule has 0 aromatic heterocycles. The fraction of sp³-hybridized carbons (Fsp3) is 0.600. The molecule has 0 amide bonds. The van der Waals surface area contributed by atoms with Gasteiger partial charge in [0.15, 0.2) is 0 Å². The molecule has 0 heterocycles. The summed E-state index contributed by atoms with van der Waals surface area (Å²) in [7, 11) is 4.17. The molecule has 1 rings (SSSR count). The first-order valence-corrected chi connectivity index (χ1v) is 6.09. The first-order chi connectivity index (χ1) is 7.38. The largest absolute Gasteiger partial charge is 0.305 e. The van der Waals surface area contributed by atoms with E-state index in [1.165, 1.54) is 18.4 Å². The lowest BCUT2D eigenvalue weighted by Gasteiger charge is -2.27. The molecule has 0 fully saturated rings. The lowest BCUT2D eigenvalue weighted by molar-refractivity contribution is 0.219. The average molecular weight is 221 g/mol. The lowest BCUT2D eigenvalue weighted by Crippen LogP contribution is -2.34. The van der Waals surface area contributed by atoms with Crippen molar-refractivity contribution < 1.29 is 0 Å². The van der Waals surface area contributed by atoms with E-state index in [1.54, 1.807) is 0 Å². The zero-order valence-electron chi connectivity index (χ0n) is 11.7. The van der Waals surface area contributed by atoms with Crippen LogP contribution in [0.25, 0.3) is 0 Å². The summed E-state index contributed by atoms with van der Waals surface area (Å²) >= 11 is 0. The molecule has 0 radical (unpaired) electrons. The number of benzene rings is 1. The molecule has 0 atom stereocenters. The third-order valence-corrected chi connectivity index (χ3v) is 2.72. The Bertz CT molecular complexity index is 257. The Balaban J connectivity index is 0.000000293. The van der Waals surface area contributed by atoms with Crippen LogP contribution in [-0.4, -0.2) is 24.5 Å². The lowest BCUT2D eigenvalue weighted by atomic mass is 10.1. The van der Waals surface area contributed by atoms with Gasteiger partial charge in [-0.05, 0) is 46.9 Å². The van der Waals surface area contributed by atoms with Crippen LogP contribution >= 0.6 is 0 Å². The molecule has 0 aliphatic carbocycles. The Kier molecular flexibility index (Phi) is 7.07. The van der Waals surface area contributed by atoms with Crippen LogP contribution in [0.5, 0.6) is 0 Å². The predicted octanol–water partition coefficient (Wildman–Crippen LogP) is 3.99. The minimum atomic E-state index is 0.333. The Labute approximate surface area is 101 Å². The van der Waals surface area contributed by atoms with Crippen LogP contribution < -0.4 is 0 Å². The van der Waals surface area contributed by atoms with E-state index in [-0.39, 0.29) is 0 Å². The van der Waals surface area contributed by atoms with E-state index in [0.29, 0.717) is 5.54 Å². The minimum Gasteiger partial charge on any atom is -0.305 e. The van der Waals surface area contributed by atoms with Crippen LogP contribution in [-0.2, 0) is 6.42 Å². The van der Waals surface area contributed by atoms with E-state index in [4.69, 9.17) is 0 Å². The third kappa shape index (κ3) is 7.47. The molecule has 0 spiro atoms. The van der Waals surface area contributed by atoms with Crippen LogP contribution in [0.15, 0.2) is 30.3 Å². The number of rotatable bonds is 2. The topological polar surface area (TPSA) is 3.24 Å². The monoisotopic (exact) mass is 221 g/mol. The zero-order chi connectivity index (χ0) is 12.6. The van der Waals surface area contributed by atoms with Crippen molar-refractivity contribution in [1.82, 2.24) is 4.90 Å². The highest BCUT2D eigenvalue weighted by atomic mass is 15.1. The number of hydrogen-bond donors (Lipinski definition) is 0. The van der Waals surface area contributed by atoms with Gasteiger partial charge in [-0.25, -0.2) is 0 Å². The maximum Gasteiger partial charge on any atom is 0.0118 e. The second-order valence-corrected chi connectivity index (χ2v) is 5.30. The van der Waals surface area contributed by atoms with Gasteiger partial charge in [-0.2, -0.15) is 0 Å². The van der Waals surface area contributed by atoms with Gasteiger partial charge in [-0.1, -0.05) is 43.7 Å². The van der Waals surface area contributed by atoms with Crippen LogP contribution in [0.4, 0.5) is 0 Å². The molecule has 1 aromatic rings. The maximum absolute atomic E-state index is 2.20. The molecular formula is C15H27N. The van der Waals surface area contributed by atoms with Crippen molar-refractivity contribution in [2.75, 3.05) is 14.1 Å². The summed E-state index contributed by atoms with van der Waals surface area (Å²) in [5.41, 5.74) is 1.78. The normalized spacial score (nSPS) is 10.9. The fourth-order valence-corrected chi connectivity index (χ4v) is 0.933. The van der Waals surface area contributed by atoms with Gasteiger partial charge in [0, 0.05) is 5.54 Å². The fourth-order valence-electron chi connectivity index (χ4n) is 0.933. The van der Waals surface area contributed by atoms with Crippen LogP contribution in [0.3, 0.4) is 0 Å². The Morgan fingerprint density at radius 1 is 1.00 bits per heavy atom. The molecule has 1 aromatic carbocycles. The van der Waals surface area contributed by atoms with E-state index < -0.39 is 0 Å². The predicted molar refractivity (Wildman–Crippen MR) is 73.9 cm³/mol. The van der Waals surface area contributed by atoms with E-state index in [2.05, 4.69) is 77.0 Å². The highest BCUT2D eigenvalue weighted by Crippen LogP contribution is 2.05. The summed E-state index contributed by atoms with van der Waals surface area (Å²) in [5, 5.41) is 0. The smallest absolute Gasteiger partial charge is 0.0118 e. The minimum absolute atomic E-state index is 0.333. The van der Waals surface area contributed by atoms with Crippen molar-refractivity contribution in [2.45, 2.75) is 46.1 Å². The van der Waals surface area contributed by atoms with Gasteiger partial charge in [-0.15, -0.1) is 0 Å². The van der Waals surface area contributed by atoms with Gasteiger partial charge in [0.1, 0.15) is 0 Å². The summed E-state index contributed by atoms with van der Waals surface area (Å²) in [5.74, 6) is 0. The van der Waals surface area contributed by atoms with E-state index in [9.17, 15) is 0 Å². The van der Waals surface area contributed by atoms with E-state index >= 15 is 0 Å². The van der Waals surface area contributed by atoms with Gasteiger partial charge >= 0.3 is 0 Å². The molecule has 1 heteroatoms. The van der Waals surface area contributed by atoms with Gasteiger partial charge < -0.3 is 4.90 Å². The van der Waals surface area contributed by atoms with Crippen molar-refractivity contribution in [3.63, 3.8) is 0 Å². The van der Waals surface area contributed by atoms with Crippen LogP contribution in [0.1, 0.15) is 39.7 Å². The molecule has 92 valence electrons. The van der Waals surface area contributed by atoms with E-state index in [0.717, 1.165) is 0 Å². The second kappa shape index (κ2) is 7.45. The summed E-state index contributed by atoms with van der Waals surface area (Å²) < 4.78 is 0. The summed E-state index contributed by atoms with van der Waals surface area (Å²) in [6.45, 7) is 8.76. The highest BCUT2D eigenvalue weighted by Gasteiger charge is 2.10. The number of nitrogens with zero attached hydrogens (tertiary/aromatic N) is 1. The number of aryl methyl sites for hydroxylation is 1. The molecule has 0 saturated heterocycles. The summed E-state index contributed by atoms with van der Waals surface area (Å²) in [6, 6.07) is 10.6. The van der Waals surface area contributed by atoms with Crippen molar-refractivity contribution in [2.24, 2.45) is 0 Å². The second-order valence-electron chi connectivity index (χ2n) is 5.30. The highest BCUT2D eigenvalue weighted by molar-refractivity contribution is 5.14. The number of hydrogen-bond acceptors (Lipinski definition) is 1. The van der Waals surface area contributed by atoms with Gasteiger partial charge in [-0.3, -0.25) is 0 Å². The maximum atomic E-state index is 2.20. The molecule has 1 nitrogen and oxygen atoms in total. The van der Waals surface area contributed by atoms with Gasteiger partial charge in [0.2, 0.25) is 0 Å². The van der Waals surface area contributed by atoms with Crippen LogP contribution in [0, 0.1) is 0 Å². The third-order valence-electron chi connectivity index (χ3n) is 2.72. The SMILES string of the molecule is CCCc1ccccc1.CN(C)C(C)(C)C. The molecule has 0 N–H and O–H groups in total. The molecule has 0 saturated carbocycles. The summed E-state index contributed by atoms with van der Waals surface area (Å²) in [4.78, 5) is 2.19. The molecule has 0 unspecified atom stereocenters. The van der Waals surface area contributed by atoms with Crippen molar-refractivity contribution >= 4 is 0 Å². The first kappa shape index (κ1) is 15.2. The molecule has 0 aliphatic heterocycles. The molecule has 0 bridgehead atoms. The quantitative estimate of drug-likeness (QED) is 0.730. The van der Waals surface area contributed by atoms with Crippen molar-refractivity contribution in [1.29, 1.82) is 0 Å². The van der Waals surface area contributed by atoms with Crippen LogP contribution in [0.2, 0.25) is 0 Å². The Morgan fingerprint density at radius 3 is 1.75 bits per heavy atom. The zero-order valence-corrected chi connectivity index (χ0v) is 11.7. The average Bonchev–Trinajstić information content (AvgIpc) is 2.19. The summed E-state index contributed by atoms with van der Waals surface area (Å²) in [6.07, 6.45) is 2.45. The first-order valence-electron chi connectivity index (χ1n) is 6.09. The van der Waals surface area contributed by atoms with Gasteiger partial charge in [0.05, 0.1) is 0 Å². The van der Waals surface area contributed by atoms with E-state index in [1.807, 2.05) is 0 Å². The standard InChI is InChI=1S/C9H12.C6H15N/c1-2-6-9-7-4-3-5-8-9;1-6(2,3)7(4)5/h3-5,7-8H,2,6H2,1H3;1-5H3. The molecule has 16 heavy (non-hydrogen) atoms. The molecule has 0 aliphatic rings.